The van der Waals surface area contributed by atoms with Crippen LogP contribution in [0.2, 0.25) is 0 Å². The van der Waals surface area contributed by atoms with Gasteiger partial charge in [0.2, 0.25) is 10.0 Å². The van der Waals surface area contributed by atoms with Crippen molar-refractivity contribution in [2.45, 2.75) is 22.8 Å². The minimum atomic E-state index is -3.97. The molecular weight excluding hydrogens is 396 g/mol. The van der Waals surface area contributed by atoms with Crippen molar-refractivity contribution in [1.29, 1.82) is 0 Å². The van der Waals surface area contributed by atoms with Gasteiger partial charge in [0, 0.05) is 10.6 Å². The third-order valence-corrected chi connectivity index (χ3v) is 6.05. The van der Waals surface area contributed by atoms with E-state index in [-0.39, 0.29) is 10.8 Å². The van der Waals surface area contributed by atoms with E-state index in [9.17, 15) is 18.0 Å². The average Bonchev–Trinajstić information content (AvgIpc) is 2.61. The summed E-state index contributed by atoms with van der Waals surface area (Å²) in [5.41, 5.74) is 0.848. The van der Waals surface area contributed by atoms with E-state index in [0.717, 1.165) is 10.8 Å². The zero-order valence-electron chi connectivity index (χ0n) is 13.5. The Labute approximate surface area is 160 Å². The van der Waals surface area contributed by atoms with Crippen LogP contribution in [0.5, 0.6) is 0 Å². The highest BCUT2D eigenvalue weighted by molar-refractivity contribution is 8.68. The summed E-state index contributed by atoms with van der Waals surface area (Å²) in [5, 5.41) is 11.5. The number of hydrogen-bond donors (Lipinski definition) is 4. The predicted octanol–water partition coefficient (Wildman–Crippen LogP) is 2.63. The van der Waals surface area contributed by atoms with Gasteiger partial charge in [0.1, 0.15) is 6.04 Å². The number of carbonyl (C=O) groups is 2. The second kappa shape index (κ2) is 8.58. The molecule has 0 aliphatic rings. The Morgan fingerprint density at radius 1 is 1.12 bits per heavy atom. The monoisotopic (exact) mass is 412 g/mol. The molecule has 0 spiro atoms. The summed E-state index contributed by atoms with van der Waals surface area (Å²) >= 11 is 4.11. The Balaban J connectivity index is 2.14. The third-order valence-electron chi connectivity index (χ3n) is 3.35. The summed E-state index contributed by atoms with van der Waals surface area (Å²) in [6.45, 7) is 1.23. The van der Waals surface area contributed by atoms with Crippen LogP contribution in [0.1, 0.15) is 17.3 Å². The third kappa shape index (κ3) is 5.01. The average molecular weight is 413 g/mol. The molecule has 3 N–H and O–H groups in total. The molecule has 138 valence electrons. The van der Waals surface area contributed by atoms with Crippen LogP contribution in [-0.4, -0.2) is 31.4 Å². The van der Waals surface area contributed by atoms with E-state index in [4.69, 9.17) is 5.11 Å². The van der Waals surface area contributed by atoms with Crippen molar-refractivity contribution in [2.24, 2.45) is 0 Å². The fourth-order valence-electron chi connectivity index (χ4n) is 2.00. The Hall–Kier alpha value is -2.01. The molecule has 0 heterocycles. The van der Waals surface area contributed by atoms with Crippen LogP contribution >= 0.6 is 22.5 Å². The molecule has 0 saturated heterocycles. The Morgan fingerprint density at radius 3 is 2.31 bits per heavy atom. The number of hydrogen-bond acceptors (Lipinski definition) is 6. The van der Waals surface area contributed by atoms with Gasteiger partial charge in [-0.3, -0.25) is 9.59 Å². The number of rotatable bonds is 7. The summed E-state index contributed by atoms with van der Waals surface area (Å²) in [5.74, 6) is -1.63. The molecule has 0 fully saturated rings. The molecular formula is C16H16N2O5S3. The molecule has 2 rings (SSSR count). The van der Waals surface area contributed by atoms with Crippen molar-refractivity contribution in [3.63, 3.8) is 0 Å². The molecule has 1 atom stereocenters. The van der Waals surface area contributed by atoms with Crippen LogP contribution in [0.25, 0.3) is 0 Å². The molecule has 1 amide bonds. The SMILES string of the molecule is CC(NS(=O)(=O)c1ccc(NC(=O)c2ccccc2SS)cc1)C(=O)O. The van der Waals surface area contributed by atoms with Gasteiger partial charge >= 0.3 is 5.97 Å². The zero-order chi connectivity index (χ0) is 19.3. The number of carboxylic acid groups (broad SMARTS) is 1. The summed E-state index contributed by atoms with van der Waals surface area (Å²) in [7, 11) is -2.82. The van der Waals surface area contributed by atoms with Crippen molar-refractivity contribution in [2.75, 3.05) is 5.32 Å². The highest BCUT2D eigenvalue weighted by atomic mass is 33.1. The second-order valence-corrected chi connectivity index (χ2v) is 8.13. The molecule has 0 bridgehead atoms. The Morgan fingerprint density at radius 2 is 1.73 bits per heavy atom. The fraction of sp³-hybridized carbons (Fsp3) is 0.125. The summed E-state index contributed by atoms with van der Waals surface area (Å²) in [4.78, 5) is 23.7. The number of carboxylic acids is 1. The standard InChI is InChI=1S/C16H16N2O5S3/c1-10(16(20)21)18-26(22,23)12-8-6-11(7-9-12)17-15(19)13-4-2-3-5-14(13)25-24/h2-10,18,24H,1H3,(H,17,19)(H,20,21). The first kappa shape index (κ1) is 20.3. The topological polar surface area (TPSA) is 113 Å². The molecule has 10 heteroatoms. The summed E-state index contributed by atoms with van der Waals surface area (Å²) in [6.07, 6.45) is 0. The maximum atomic E-state index is 12.3. The molecule has 0 aromatic heterocycles. The van der Waals surface area contributed by atoms with Crippen LogP contribution in [0, 0.1) is 0 Å². The fourth-order valence-corrected chi connectivity index (χ4v) is 4.07. The molecule has 0 saturated carbocycles. The molecule has 1 unspecified atom stereocenters. The van der Waals surface area contributed by atoms with Crippen molar-refractivity contribution in [3.05, 3.63) is 54.1 Å². The maximum absolute atomic E-state index is 12.3. The molecule has 0 aliphatic carbocycles. The molecule has 2 aromatic rings. The van der Waals surface area contributed by atoms with Gasteiger partial charge in [-0.05, 0) is 43.3 Å². The molecule has 26 heavy (non-hydrogen) atoms. The van der Waals surface area contributed by atoms with Crippen molar-refractivity contribution < 1.29 is 23.1 Å². The summed E-state index contributed by atoms with van der Waals surface area (Å²) in [6, 6.07) is 11.1. The largest absolute Gasteiger partial charge is 0.480 e. The Bertz CT molecular complexity index is 914. The molecule has 0 radical (unpaired) electrons. The smallest absolute Gasteiger partial charge is 0.321 e. The van der Waals surface area contributed by atoms with E-state index in [1.807, 2.05) is 4.72 Å². The molecule has 0 aliphatic heterocycles. The first-order chi connectivity index (χ1) is 12.2. The van der Waals surface area contributed by atoms with Gasteiger partial charge in [0.05, 0.1) is 10.5 Å². The number of anilines is 1. The van der Waals surface area contributed by atoms with Crippen molar-refractivity contribution in [1.82, 2.24) is 4.72 Å². The number of aliphatic carboxylic acids is 1. The van der Waals surface area contributed by atoms with Crippen molar-refractivity contribution >= 4 is 50.0 Å². The van der Waals surface area contributed by atoms with E-state index >= 15 is 0 Å². The van der Waals surface area contributed by atoms with Crippen LogP contribution in [0.3, 0.4) is 0 Å². The number of amides is 1. The first-order valence-electron chi connectivity index (χ1n) is 7.31. The minimum Gasteiger partial charge on any atom is -0.480 e. The van der Waals surface area contributed by atoms with Crippen LogP contribution in [0.4, 0.5) is 5.69 Å². The van der Waals surface area contributed by atoms with E-state index in [1.54, 1.807) is 24.3 Å². The Kier molecular flexibility index (Phi) is 6.70. The second-order valence-electron chi connectivity index (χ2n) is 5.25. The van der Waals surface area contributed by atoms with Crippen LogP contribution < -0.4 is 10.0 Å². The van der Waals surface area contributed by atoms with Gasteiger partial charge in [-0.2, -0.15) is 4.72 Å². The lowest BCUT2D eigenvalue weighted by molar-refractivity contribution is -0.138. The van der Waals surface area contributed by atoms with E-state index in [2.05, 4.69) is 17.0 Å². The van der Waals surface area contributed by atoms with Gasteiger partial charge in [-0.15, -0.1) is 11.7 Å². The number of thiol groups is 1. The number of benzene rings is 2. The number of nitrogens with one attached hydrogen (secondary N) is 2. The zero-order valence-corrected chi connectivity index (χ0v) is 16.1. The lowest BCUT2D eigenvalue weighted by Gasteiger charge is -2.11. The van der Waals surface area contributed by atoms with Crippen LogP contribution in [-0.2, 0) is 14.8 Å². The van der Waals surface area contributed by atoms with Gasteiger partial charge in [0.15, 0.2) is 0 Å². The normalized spacial score (nSPS) is 12.4. The molecule has 2 aromatic carbocycles. The maximum Gasteiger partial charge on any atom is 0.321 e. The summed E-state index contributed by atoms with van der Waals surface area (Å²) < 4.78 is 26.3. The quantitative estimate of drug-likeness (QED) is 0.411. The lowest BCUT2D eigenvalue weighted by atomic mass is 10.2. The predicted molar refractivity (Wildman–Crippen MR) is 103 cm³/mol. The highest BCUT2D eigenvalue weighted by Gasteiger charge is 2.21. The van der Waals surface area contributed by atoms with E-state index in [1.165, 1.54) is 31.2 Å². The van der Waals surface area contributed by atoms with E-state index in [0.29, 0.717) is 16.1 Å². The van der Waals surface area contributed by atoms with E-state index < -0.39 is 22.0 Å². The minimum absolute atomic E-state index is 0.102. The van der Waals surface area contributed by atoms with Gasteiger partial charge in [-0.1, -0.05) is 22.9 Å². The van der Waals surface area contributed by atoms with Crippen LogP contribution in [0.15, 0.2) is 58.3 Å². The number of sulfonamides is 1. The first-order valence-corrected chi connectivity index (χ1v) is 10.7. The highest BCUT2D eigenvalue weighted by Crippen LogP contribution is 2.26. The van der Waals surface area contributed by atoms with Gasteiger partial charge < -0.3 is 10.4 Å². The molecule has 7 nitrogen and oxygen atoms in total. The lowest BCUT2D eigenvalue weighted by Crippen LogP contribution is -2.38. The number of carbonyl (C=O) groups excluding carboxylic acids is 1. The van der Waals surface area contributed by atoms with Gasteiger partial charge in [0.25, 0.3) is 5.91 Å². The van der Waals surface area contributed by atoms with Crippen molar-refractivity contribution in [3.8, 4) is 0 Å². The van der Waals surface area contributed by atoms with Gasteiger partial charge in [-0.25, -0.2) is 8.42 Å².